The normalized spacial score (nSPS) is 10.7. The fourth-order valence-corrected chi connectivity index (χ4v) is 2.70. The van der Waals surface area contributed by atoms with E-state index in [0.29, 0.717) is 12.5 Å². The Hall–Kier alpha value is -2.15. The lowest BCUT2D eigenvalue weighted by Crippen LogP contribution is -2.40. The minimum Gasteiger partial charge on any atom is -0.338 e. The molecule has 0 aliphatic rings. The Morgan fingerprint density at radius 3 is 2.78 bits per heavy atom. The van der Waals surface area contributed by atoms with Gasteiger partial charge >= 0.3 is 6.03 Å². The lowest BCUT2D eigenvalue weighted by molar-refractivity contribution is -0.117. The summed E-state index contributed by atoms with van der Waals surface area (Å²) < 4.78 is 0. The van der Waals surface area contributed by atoms with E-state index in [0.717, 1.165) is 22.3 Å². The number of carbonyl (C=O) groups is 2. The van der Waals surface area contributed by atoms with Gasteiger partial charge in [0, 0.05) is 11.9 Å². The van der Waals surface area contributed by atoms with Crippen molar-refractivity contribution in [2.75, 3.05) is 12.3 Å². The first-order valence-electron chi connectivity index (χ1n) is 7.46. The number of thioether (sulfide) groups is 1. The Morgan fingerprint density at radius 1 is 1.22 bits per heavy atom. The molecular formula is C16H20N4O2S. The van der Waals surface area contributed by atoms with Crippen LogP contribution in [0, 0.1) is 5.92 Å². The van der Waals surface area contributed by atoms with Crippen LogP contribution in [-0.4, -0.2) is 34.2 Å². The van der Waals surface area contributed by atoms with Crippen LogP contribution in [0.3, 0.4) is 0 Å². The fourth-order valence-electron chi connectivity index (χ4n) is 1.91. The zero-order chi connectivity index (χ0) is 16.7. The molecule has 0 aliphatic carbocycles. The SMILES string of the molecule is CC(C)CCNC(=O)NC(=O)CSc1ncnc2ccccc12. The van der Waals surface area contributed by atoms with Gasteiger partial charge in [-0.1, -0.05) is 43.8 Å². The molecule has 0 bridgehead atoms. The molecule has 2 aromatic rings. The summed E-state index contributed by atoms with van der Waals surface area (Å²) in [4.78, 5) is 31.8. The molecule has 1 heterocycles. The van der Waals surface area contributed by atoms with Crippen molar-refractivity contribution in [3.05, 3.63) is 30.6 Å². The molecule has 0 atom stereocenters. The summed E-state index contributed by atoms with van der Waals surface area (Å²) in [5.41, 5.74) is 0.830. The molecule has 2 rings (SSSR count). The molecule has 1 aromatic carbocycles. The molecule has 23 heavy (non-hydrogen) atoms. The number of para-hydroxylation sites is 1. The van der Waals surface area contributed by atoms with Gasteiger partial charge in [-0.3, -0.25) is 10.1 Å². The van der Waals surface area contributed by atoms with Crippen molar-refractivity contribution in [1.82, 2.24) is 20.6 Å². The van der Waals surface area contributed by atoms with E-state index in [2.05, 4.69) is 34.4 Å². The van der Waals surface area contributed by atoms with Crippen molar-refractivity contribution in [3.63, 3.8) is 0 Å². The van der Waals surface area contributed by atoms with E-state index in [9.17, 15) is 9.59 Å². The van der Waals surface area contributed by atoms with E-state index >= 15 is 0 Å². The van der Waals surface area contributed by atoms with E-state index in [1.165, 1.54) is 18.1 Å². The Morgan fingerprint density at radius 2 is 2.00 bits per heavy atom. The molecule has 0 aliphatic heterocycles. The second kappa shape index (κ2) is 8.47. The van der Waals surface area contributed by atoms with E-state index in [1.807, 2.05) is 24.3 Å². The van der Waals surface area contributed by atoms with Crippen LogP contribution in [0.4, 0.5) is 4.79 Å². The Kier molecular flexibility index (Phi) is 6.34. The standard InChI is InChI=1S/C16H20N4O2S/c1-11(2)7-8-17-16(22)20-14(21)9-23-15-12-5-3-4-6-13(12)18-10-19-15/h3-6,10-11H,7-9H2,1-2H3,(H2,17,20,21,22). The predicted octanol–water partition coefficient (Wildman–Crippen LogP) is 2.59. The number of benzene rings is 1. The van der Waals surface area contributed by atoms with Gasteiger partial charge in [-0.15, -0.1) is 0 Å². The quantitative estimate of drug-likeness (QED) is 0.627. The average Bonchev–Trinajstić information content (AvgIpc) is 2.52. The first kappa shape index (κ1) is 17.2. The molecule has 0 saturated heterocycles. The number of urea groups is 1. The van der Waals surface area contributed by atoms with Crippen LogP contribution in [0.2, 0.25) is 0 Å². The van der Waals surface area contributed by atoms with Crippen molar-refractivity contribution >= 4 is 34.6 Å². The summed E-state index contributed by atoms with van der Waals surface area (Å²) in [6.07, 6.45) is 2.35. The predicted molar refractivity (Wildman–Crippen MR) is 91.3 cm³/mol. The summed E-state index contributed by atoms with van der Waals surface area (Å²) in [5, 5.41) is 6.61. The van der Waals surface area contributed by atoms with E-state index in [-0.39, 0.29) is 11.7 Å². The Bertz CT molecular complexity index is 685. The largest absolute Gasteiger partial charge is 0.338 e. The molecule has 6 nitrogen and oxygen atoms in total. The summed E-state index contributed by atoms with van der Waals surface area (Å²) in [7, 11) is 0. The molecule has 0 fully saturated rings. The molecule has 3 amide bonds. The number of amides is 3. The Balaban J connectivity index is 1.83. The number of carbonyl (C=O) groups excluding carboxylic acids is 2. The molecular weight excluding hydrogens is 312 g/mol. The van der Waals surface area contributed by atoms with Crippen molar-refractivity contribution in [3.8, 4) is 0 Å². The third kappa shape index (κ3) is 5.52. The number of hydrogen-bond acceptors (Lipinski definition) is 5. The van der Waals surface area contributed by atoms with Gasteiger partial charge in [0.25, 0.3) is 0 Å². The summed E-state index contributed by atoms with van der Waals surface area (Å²) >= 11 is 1.29. The second-order valence-corrected chi connectivity index (χ2v) is 6.44. The smallest absolute Gasteiger partial charge is 0.321 e. The van der Waals surface area contributed by atoms with Crippen LogP contribution in [0.5, 0.6) is 0 Å². The van der Waals surface area contributed by atoms with Crippen LogP contribution in [0.15, 0.2) is 35.6 Å². The highest BCUT2D eigenvalue weighted by Gasteiger charge is 2.10. The first-order valence-corrected chi connectivity index (χ1v) is 8.45. The highest BCUT2D eigenvalue weighted by Crippen LogP contribution is 2.23. The highest BCUT2D eigenvalue weighted by molar-refractivity contribution is 8.00. The lowest BCUT2D eigenvalue weighted by atomic mass is 10.1. The van der Waals surface area contributed by atoms with Crippen LogP contribution >= 0.6 is 11.8 Å². The highest BCUT2D eigenvalue weighted by atomic mass is 32.2. The molecule has 122 valence electrons. The lowest BCUT2D eigenvalue weighted by Gasteiger charge is -2.08. The number of hydrogen-bond donors (Lipinski definition) is 2. The number of nitrogens with zero attached hydrogens (tertiary/aromatic N) is 2. The zero-order valence-electron chi connectivity index (χ0n) is 13.2. The Labute approximate surface area is 139 Å². The molecule has 0 unspecified atom stereocenters. The maximum atomic E-state index is 11.8. The van der Waals surface area contributed by atoms with Crippen molar-refractivity contribution in [1.29, 1.82) is 0 Å². The maximum Gasteiger partial charge on any atom is 0.321 e. The average molecular weight is 332 g/mol. The topological polar surface area (TPSA) is 84.0 Å². The summed E-state index contributed by atoms with van der Waals surface area (Å²) in [6.45, 7) is 4.71. The van der Waals surface area contributed by atoms with Crippen LogP contribution in [0.25, 0.3) is 10.9 Å². The summed E-state index contributed by atoms with van der Waals surface area (Å²) in [5.74, 6) is 0.283. The van der Waals surface area contributed by atoms with Gasteiger partial charge in [0.2, 0.25) is 5.91 Å². The van der Waals surface area contributed by atoms with E-state index in [4.69, 9.17) is 0 Å². The fraction of sp³-hybridized carbons (Fsp3) is 0.375. The molecule has 2 N–H and O–H groups in total. The third-order valence-electron chi connectivity index (χ3n) is 3.11. The van der Waals surface area contributed by atoms with Gasteiger partial charge in [0.1, 0.15) is 11.4 Å². The molecule has 0 spiro atoms. The van der Waals surface area contributed by atoms with Crippen LogP contribution < -0.4 is 10.6 Å². The first-order chi connectivity index (χ1) is 11.1. The number of nitrogens with one attached hydrogen (secondary N) is 2. The number of fused-ring (bicyclic) bond motifs is 1. The van der Waals surface area contributed by atoms with Crippen molar-refractivity contribution < 1.29 is 9.59 Å². The maximum absolute atomic E-state index is 11.8. The minimum atomic E-state index is -0.455. The number of aromatic nitrogens is 2. The molecule has 1 aromatic heterocycles. The van der Waals surface area contributed by atoms with Crippen molar-refractivity contribution in [2.45, 2.75) is 25.3 Å². The molecule has 7 heteroatoms. The van der Waals surface area contributed by atoms with Gasteiger partial charge in [-0.05, 0) is 18.4 Å². The summed E-state index contributed by atoms with van der Waals surface area (Å²) in [6, 6.07) is 7.15. The zero-order valence-corrected chi connectivity index (χ0v) is 14.0. The molecule has 0 saturated carbocycles. The van der Waals surface area contributed by atoms with Gasteiger partial charge in [0.15, 0.2) is 0 Å². The third-order valence-corrected chi connectivity index (χ3v) is 4.11. The molecule has 0 radical (unpaired) electrons. The van der Waals surface area contributed by atoms with Gasteiger partial charge in [-0.25, -0.2) is 14.8 Å². The van der Waals surface area contributed by atoms with Crippen LogP contribution in [0.1, 0.15) is 20.3 Å². The monoisotopic (exact) mass is 332 g/mol. The van der Waals surface area contributed by atoms with Gasteiger partial charge < -0.3 is 5.32 Å². The van der Waals surface area contributed by atoms with Crippen molar-refractivity contribution in [2.24, 2.45) is 5.92 Å². The number of rotatable bonds is 6. The van der Waals surface area contributed by atoms with Gasteiger partial charge in [0.05, 0.1) is 11.3 Å². The van der Waals surface area contributed by atoms with Crippen LogP contribution in [-0.2, 0) is 4.79 Å². The minimum absolute atomic E-state index is 0.124. The number of imide groups is 1. The van der Waals surface area contributed by atoms with Gasteiger partial charge in [-0.2, -0.15) is 0 Å². The second-order valence-electron chi connectivity index (χ2n) is 5.47. The van der Waals surface area contributed by atoms with E-state index < -0.39 is 6.03 Å². The van der Waals surface area contributed by atoms with E-state index in [1.54, 1.807) is 0 Å².